The molecule has 0 spiro atoms. The summed E-state index contributed by atoms with van der Waals surface area (Å²) in [6.07, 6.45) is 9.08. The van der Waals surface area contributed by atoms with Gasteiger partial charge in [-0.3, -0.25) is 9.88 Å². The Morgan fingerprint density at radius 3 is 2.63 bits per heavy atom. The summed E-state index contributed by atoms with van der Waals surface area (Å²) in [7, 11) is 1.66. The van der Waals surface area contributed by atoms with Crippen molar-refractivity contribution >= 4 is 31.0 Å². The molecule has 6 atom stereocenters. The summed E-state index contributed by atoms with van der Waals surface area (Å²) in [5.74, 6) is 0.626. The van der Waals surface area contributed by atoms with Gasteiger partial charge < -0.3 is 9.84 Å². The Kier molecular flexibility index (Phi) is 11.0. The third-order valence-corrected chi connectivity index (χ3v) is 10.6. The van der Waals surface area contributed by atoms with E-state index < -0.39 is 31.0 Å². The van der Waals surface area contributed by atoms with E-state index in [0.29, 0.717) is 18.3 Å². The molecule has 0 radical (unpaired) electrons. The summed E-state index contributed by atoms with van der Waals surface area (Å²) in [5, 5.41) is 20.7. The van der Waals surface area contributed by atoms with Crippen LogP contribution < -0.4 is 4.74 Å². The molecule has 6 unspecified atom stereocenters. The van der Waals surface area contributed by atoms with E-state index in [1.54, 1.807) is 13.3 Å². The first kappa shape index (κ1) is 30.4. The number of fused-ring (bicyclic) bond motifs is 4. The molecule has 3 fully saturated rings. The van der Waals surface area contributed by atoms with E-state index in [1.807, 2.05) is 31.2 Å². The van der Waals surface area contributed by atoms with E-state index in [4.69, 9.17) is 18.0 Å². The van der Waals surface area contributed by atoms with Crippen LogP contribution >= 0.6 is 0 Å². The standard InChI is InChI=1S/C20H24N2O2.C8H17AsO5/c1-3-13-12-22-9-7-14(13)10-19(22)20(23)16-6-8-21-18-5-4-15(24-2)11-17(16)18;1-2-3-4-5-6-7(8(10)11)9(12,13)14/h3-6,8,11,13-14,19-20,23H,1,7,9-10,12H2,2H3;7H,2-6H2,1H3,(H,10,11)(H2,12,13,14). The van der Waals surface area contributed by atoms with Crippen molar-refractivity contribution in [1.82, 2.24) is 9.88 Å². The van der Waals surface area contributed by atoms with Crippen molar-refractivity contribution < 1.29 is 31.7 Å². The molecule has 4 N–H and O–H groups in total. The number of carboxylic acids is 1. The Morgan fingerprint density at radius 1 is 1.29 bits per heavy atom. The van der Waals surface area contributed by atoms with Crippen molar-refractivity contribution in [3.8, 4) is 5.75 Å². The van der Waals surface area contributed by atoms with E-state index in [9.17, 15) is 13.6 Å². The van der Waals surface area contributed by atoms with Crippen LogP contribution in [0.3, 0.4) is 0 Å². The van der Waals surface area contributed by atoms with E-state index >= 15 is 0 Å². The fraction of sp³-hybridized carbons (Fsp3) is 0.571. The Labute approximate surface area is 227 Å². The second-order valence-electron chi connectivity index (χ2n) is 10.3. The van der Waals surface area contributed by atoms with E-state index in [-0.39, 0.29) is 12.5 Å². The van der Waals surface area contributed by atoms with Crippen LogP contribution in [0, 0.1) is 11.8 Å². The number of unbranched alkanes of at least 4 members (excludes halogenated alkanes) is 3. The van der Waals surface area contributed by atoms with Gasteiger partial charge >= 0.3 is 85.7 Å². The van der Waals surface area contributed by atoms with E-state index in [2.05, 4.69) is 22.5 Å². The monoisotopic (exact) mass is 592 g/mol. The predicted molar refractivity (Wildman–Crippen MR) is 146 cm³/mol. The summed E-state index contributed by atoms with van der Waals surface area (Å²) in [6.45, 7) is 8.08. The number of ether oxygens (including phenoxy) is 1. The van der Waals surface area contributed by atoms with E-state index in [1.165, 1.54) is 6.42 Å². The van der Waals surface area contributed by atoms with Crippen LogP contribution in [0.4, 0.5) is 0 Å². The minimum atomic E-state index is -5.09. The van der Waals surface area contributed by atoms with Crippen LogP contribution in [-0.2, 0) is 8.53 Å². The molecule has 2 aromatic rings. The van der Waals surface area contributed by atoms with Gasteiger partial charge in [-0.1, -0.05) is 6.08 Å². The average molecular weight is 593 g/mol. The van der Waals surface area contributed by atoms with Gasteiger partial charge in [0, 0.05) is 24.2 Å². The van der Waals surface area contributed by atoms with Gasteiger partial charge in [-0.15, -0.1) is 6.58 Å². The number of hydrogen-bond donors (Lipinski definition) is 4. The Hall–Kier alpha value is -2.16. The summed E-state index contributed by atoms with van der Waals surface area (Å²) in [5.41, 5.74) is 1.85. The van der Waals surface area contributed by atoms with Crippen molar-refractivity contribution in [3.63, 3.8) is 0 Å². The van der Waals surface area contributed by atoms with Gasteiger partial charge in [-0.05, 0) is 61.1 Å². The molecule has 3 saturated heterocycles. The number of aliphatic hydroxyl groups is 1. The van der Waals surface area contributed by atoms with Crippen LogP contribution in [0.15, 0.2) is 43.1 Å². The number of aromatic nitrogens is 1. The molecule has 210 valence electrons. The minimum absolute atomic E-state index is 0.0822. The number of carboxylic acid groups (broad SMARTS) is 1. The van der Waals surface area contributed by atoms with Gasteiger partial charge in [0.05, 0.1) is 18.7 Å². The maximum atomic E-state index is 11.2. The molecular weight excluding hydrogens is 551 g/mol. The third kappa shape index (κ3) is 7.48. The van der Waals surface area contributed by atoms with Gasteiger partial charge in [0.15, 0.2) is 0 Å². The third-order valence-electron chi connectivity index (χ3n) is 7.84. The number of aliphatic hydroxyl groups excluding tert-OH is 1. The Balaban J connectivity index is 0.000000247. The number of hydrogen-bond acceptors (Lipinski definition) is 6. The molecule has 9 nitrogen and oxygen atoms in total. The van der Waals surface area contributed by atoms with Gasteiger partial charge in [-0.2, -0.15) is 0 Å². The zero-order valence-electron chi connectivity index (χ0n) is 22.3. The van der Waals surface area contributed by atoms with Crippen LogP contribution in [0.1, 0.15) is 63.5 Å². The van der Waals surface area contributed by atoms with Crippen molar-refractivity contribution in [2.75, 3.05) is 20.2 Å². The number of pyridine rings is 1. The fourth-order valence-corrected chi connectivity index (χ4v) is 7.34. The van der Waals surface area contributed by atoms with E-state index in [0.717, 1.165) is 61.0 Å². The first-order chi connectivity index (χ1) is 18.1. The number of rotatable bonds is 11. The molecule has 4 heterocycles. The van der Waals surface area contributed by atoms with Gasteiger partial charge in [0.25, 0.3) is 0 Å². The van der Waals surface area contributed by atoms with Crippen molar-refractivity contribution in [2.45, 2.75) is 68.7 Å². The second-order valence-corrected chi connectivity index (χ2v) is 14.0. The molecule has 2 bridgehead atoms. The second kappa shape index (κ2) is 13.8. The SMILES string of the molecule is C=CC1CN2CCC1CC2C(O)c1ccnc2ccc(OC)cc12.CCCCCCC(C(=O)O)[As](=O)(O)O. The molecule has 1 aromatic heterocycles. The number of methoxy groups -OCH3 is 1. The number of piperidine rings is 3. The molecule has 0 aliphatic carbocycles. The first-order valence-electron chi connectivity index (χ1n) is 13.4. The summed E-state index contributed by atoms with van der Waals surface area (Å²) >= 11 is -5.09. The quantitative estimate of drug-likeness (QED) is 0.174. The molecule has 1 aromatic carbocycles. The molecule has 38 heavy (non-hydrogen) atoms. The molecule has 5 rings (SSSR count). The molecule has 0 amide bonds. The van der Waals surface area contributed by atoms with Crippen LogP contribution in [0.5, 0.6) is 5.75 Å². The van der Waals surface area contributed by atoms with Gasteiger partial charge in [-0.25, -0.2) is 0 Å². The zero-order valence-corrected chi connectivity index (χ0v) is 24.2. The molecule has 0 saturated carbocycles. The summed E-state index contributed by atoms with van der Waals surface area (Å²) in [6, 6.07) is 7.96. The topological polar surface area (TPSA) is 140 Å². The number of nitrogens with zero attached hydrogens (tertiary/aromatic N) is 2. The molecule has 3 aliphatic heterocycles. The van der Waals surface area contributed by atoms with Gasteiger partial charge in [0.2, 0.25) is 0 Å². The zero-order chi connectivity index (χ0) is 27.9. The van der Waals surface area contributed by atoms with Crippen molar-refractivity contribution in [3.05, 3.63) is 48.7 Å². The van der Waals surface area contributed by atoms with Crippen molar-refractivity contribution in [1.29, 1.82) is 0 Å². The maximum absolute atomic E-state index is 11.2. The number of benzene rings is 1. The molecular formula is C28H41AsN2O7. The summed E-state index contributed by atoms with van der Waals surface area (Å²) in [4.78, 5) is 17.4. The van der Waals surface area contributed by atoms with Crippen LogP contribution in [-0.4, -0.2) is 74.7 Å². The van der Waals surface area contributed by atoms with Crippen molar-refractivity contribution in [2.24, 2.45) is 11.8 Å². The Bertz CT molecular complexity index is 1140. The van der Waals surface area contributed by atoms with Crippen LogP contribution in [0.2, 0.25) is 4.71 Å². The molecule has 10 heteroatoms. The first-order valence-corrected chi connectivity index (χ1v) is 16.9. The van der Waals surface area contributed by atoms with Gasteiger partial charge in [0.1, 0.15) is 5.75 Å². The Morgan fingerprint density at radius 2 is 2.05 bits per heavy atom. The number of aliphatic carboxylic acids is 1. The van der Waals surface area contributed by atoms with Crippen LogP contribution in [0.25, 0.3) is 10.9 Å². The predicted octanol–water partition coefficient (Wildman–Crippen LogP) is 3.94. The fourth-order valence-electron chi connectivity index (χ4n) is 5.64. The number of carbonyl (C=O) groups is 1. The summed E-state index contributed by atoms with van der Waals surface area (Å²) < 4.78 is 32.3. The normalized spacial score (nSPS) is 24.2. The average Bonchev–Trinajstić information content (AvgIpc) is 2.91. The molecule has 3 aliphatic rings.